The molecule has 2 aliphatic heterocycles. The number of rotatable bonds is 6. The minimum Gasteiger partial charge on any atom is -0.312 e. The number of aromatic nitrogens is 2. The molecule has 42 heavy (non-hydrogen) atoms. The SMILES string of the molecule is O=C1CCCN1c1cc(-c2ccc(-c3cccnc3)cc2)c(N2CCCC2=O)cc1-c1ccc(-c2cccnc2)cc1. The lowest BCUT2D eigenvalue weighted by Gasteiger charge is -2.27. The monoisotopic (exact) mass is 550 g/mol. The summed E-state index contributed by atoms with van der Waals surface area (Å²) in [6.45, 7) is 1.36. The van der Waals surface area contributed by atoms with Crippen LogP contribution < -0.4 is 9.80 Å². The summed E-state index contributed by atoms with van der Waals surface area (Å²) in [6, 6.07) is 28.9. The number of pyridine rings is 2. The average molecular weight is 551 g/mol. The molecule has 3 aromatic carbocycles. The lowest BCUT2D eigenvalue weighted by Crippen LogP contribution is -2.27. The van der Waals surface area contributed by atoms with Crippen LogP contribution in [-0.2, 0) is 9.59 Å². The second kappa shape index (κ2) is 11.1. The molecule has 2 aliphatic rings. The zero-order chi connectivity index (χ0) is 28.5. The van der Waals surface area contributed by atoms with Gasteiger partial charge in [0.25, 0.3) is 0 Å². The average Bonchev–Trinajstić information content (AvgIpc) is 3.69. The van der Waals surface area contributed by atoms with Crippen molar-refractivity contribution in [3.63, 3.8) is 0 Å². The summed E-state index contributed by atoms with van der Waals surface area (Å²) in [4.78, 5) is 38.5. The van der Waals surface area contributed by atoms with E-state index in [1.807, 2.05) is 46.5 Å². The molecule has 6 nitrogen and oxygen atoms in total. The Balaban J connectivity index is 1.38. The fourth-order valence-electron chi connectivity index (χ4n) is 6.04. The Labute approximate surface area is 245 Å². The lowest BCUT2D eigenvalue weighted by molar-refractivity contribution is -0.117. The number of carbonyl (C=O) groups is 2. The van der Waals surface area contributed by atoms with E-state index in [4.69, 9.17) is 0 Å². The van der Waals surface area contributed by atoms with Gasteiger partial charge < -0.3 is 9.80 Å². The predicted molar refractivity (Wildman–Crippen MR) is 167 cm³/mol. The van der Waals surface area contributed by atoms with Gasteiger partial charge in [-0.05, 0) is 70.5 Å². The van der Waals surface area contributed by atoms with Gasteiger partial charge in [0.1, 0.15) is 0 Å². The molecule has 2 fully saturated rings. The van der Waals surface area contributed by atoms with Gasteiger partial charge in [0.2, 0.25) is 11.8 Å². The van der Waals surface area contributed by atoms with Crippen molar-refractivity contribution in [2.24, 2.45) is 0 Å². The van der Waals surface area contributed by atoms with Gasteiger partial charge >= 0.3 is 0 Å². The molecular weight excluding hydrogens is 520 g/mol. The van der Waals surface area contributed by atoms with Crippen LogP contribution in [0, 0.1) is 0 Å². The van der Waals surface area contributed by atoms with E-state index < -0.39 is 0 Å². The highest BCUT2D eigenvalue weighted by Gasteiger charge is 2.30. The summed E-state index contributed by atoms with van der Waals surface area (Å²) < 4.78 is 0. The van der Waals surface area contributed by atoms with Gasteiger partial charge in [0.05, 0.1) is 11.4 Å². The van der Waals surface area contributed by atoms with Crippen molar-refractivity contribution in [1.29, 1.82) is 0 Å². The third-order valence-corrected chi connectivity index (χ3v) is 8.22. The molecule has 0 spiro atoms. The van der Waals surface area contributed by atoms with Crippen molar-refractivity contribution in [1.82, 2.24) is 9.97 Å². The minimum atomic E-state index is 0.131. The fourth-order valence-corrected chi connectivity index (χ4v) is 6.04. The molecule has 0 saturated carbocycles. The quantitative estimate of drug-likeness (QED) is 0.221. The number of hydrogen-bond acceptors (Lipinski definition) is 4. The van der Waals surface area contributed by atoms with E-state index >= 15 is 0 Å². The summed E-state index contributed by atoms with van der Waals surface area (Å²) in [5.74, 6) is 0.261. The van der Waals surface area contributed by atoms with Gasteiger partial charge in [-0.3, -0.25) is 19.6 Å². The van der Waals surface area contributed by atoms with E-state index in [0.29, 0.717) is 25.9 Å². The molecule has 2 saturated heterocycles. The normalized spacial score (nSPS) is 15.0. The Kier molecular flexibility index (Phi) is 6.80. The molecule has 0 atom stereocenters. The van der Waals surface area contributed by atoms with Crippen LogP contribution in [0.5, 0.6) is 0 Å². The highest BCUT2D eigenvalue weighted by Crippen LogP contribution is 2.44. The zero-order valence-corrected chi connectivity index (χ0v) is 23.2. The summed E-state index contributed by atoms with van der Waals surface area (Å²) in [6.07, 6.45) is 10.0. The van der Waals surface area contributed by atoms with Crippen LogP contribution in [0.4, 0.5) is 11.4 Å². The molecule has 0 bridgehead atoms. The van der Waals surface area contributed by atoms with Crippen LogP contribution in [0.15, 0.2) is 110 Å². The summed E-state index contributed by atoms with van der Waals surface area (Å²) in [7, 11) is 0. The van der Waals surface area contributed by atoms with Crippen molar-refractivity contribution < 1.29 is 9.59 Å². The lowest BCUT2D eigenvalue weighted by atomic mass is 9.93. The fraction of sp³-hybridized carbons (Fsp3) is 0.167. The maximum atomic E-state index is 13.1. The molecule has 0 unspecified atom stereocenters. The van der Waals surface area contributed by atoms with Gasteiger partial charge in [-0.2, -0.15) is 0 Å². The third-order valence-electron chi connectivity index (χ3n) is 8.22. The second-order valence-corrected chi connectivity index (χ2v) is 10.8. The Morgan fingerprint density at radius 2 is 0.905 bits per heavy atom. The largest absolute Gasteiger partial charge is 0.312 e. The van der Waals surface area contributed by atoms with Crippen molar-refractivity contribution in [2.45, 2.75) is 25.7 Å². The van der Waals surface area contributed by atoms with Crippen LogP contribution >= 0.6 is 0 Å². The van der Waals surface area contributed by atoms with E-state index in [1.54, 1.807) is 12.4 Å². The maximum Gasteiger partial charge on any atom is 0.227 e. The van der Waals surface area contributed by atoms with Crippen molar-refractivity contribution in [2.75, 3.05) is 22.9 Å². The number of benzene rings is 3. The number of amides is 2. The van der Waals surface area contributed by atoms with Crippen molar-refractivity contribution in [3.8, 4) is 44.5 Å². The Morgan fingerprint density at radius 3 is 1.24 bits per heavy atom. The Bertz CT molecular complexity index is 1620. The molecule has 0 radical (unpaired) electrons. The standard InChI is InChI=1S/C36H30N4O2/c41-35-7-3-19-39(35)33-22-32(28-15-11-26(12-16-28)30-6-2-18-38-24-30)34(40-20-4-8-36(40)42)21-31(33)27-13-9-25(10-14-27)29-5-1-17-37-23-29/h1-2,5-6,9-18,21-24H,3-4,7-8,19-20H2. The molecule has 6 heteroatoms. The van der Waals surface area contributed by atoms with Gasteiger partial charge in [0, 0.05) is 61.8 Å². The smallest absolute Gasteiger partial charge is 0.227 e. The highest BCUT2D eigenvalue weighted by atomic mass is 16.2. The molecule has 0 N–H and O–H groups in total. The Hall–Kier alpha value is -5.10. The van der Waals surface area contributed by atoms with Crippen LogP contribution in [0.25, 0.3) is 44.5 Å². The summed E-state index contributed by atoms with van der Waals surface area (Å²) in [5.41, 5.74) is 9.92. The summed E-state index contributed by atoms with van der Waals surface area (Å²) >= 11 is 0. The third kappa shape index (κ3) is 4.85. The first-order valence-corrected chi connectivity index (χ1v) is 14.5. The Morgan fingerprint density at radius 1 is 0.500 bits per heavy atom. The number of anilines is 2. The van der Waals surface area contributed by atoms with Crippen LogP contribution in [0.3, 0.4) is 0 Å². The topological polar surface area (TPSA) is 66.4 Å². The zero-order valence-electron chi connectivity index (χ0n) is 23.2. The van der Waals surface area contributed by atoms with E-state index in [-0.39, 0.29) is 11.8 Å². The first kappa shape index (κ1) is 25.8. The number of hydrogen-bond donors (Lipinski definition) is 0. The molecule has 2 aromatic heterocycles. The van der Waals surface area contributed by atoms with Crippen molar-refractivity contribution >= 4 is 23.2 Å². The molecule has 4 heterocycles. The van der Waals surface area contributed by atoms with E-state index in [2.05, 4.69) is 70.6 Å². The number of carbonyl (C=O) groups excluding carboxylic acids is 2. The second-order valence-electron chi connectivity index (χ2n) is 10.8. The van der Waals surface area contributed by atoms with E-state index in [0.717, 1.165) is 68.7 Å². The van der Waals surface area contributed by atoms with Crippen LogP contribution in [0.2, 0.25) is 0 Å². The highest BCUT2D eigenvalue weighted by molar-refractivity contribution is 6.06. The van der Waals surface area contributed by atoms with E-state index in [9.17, 15) is 9.59 Å². The van der Waals surface area contributed by atoms with Gasteiger partial charge in [-0.25, -0.2) is 0 Å². The van der Waals surface area contributed by atoms with Gasteiger partial charge in [-0.15, -0.1) is 0 Å². The first-order chi connectivity index (χ1) is 20.7. The maximum absolute atomic E-state index is 13.1. The molecular formula is C36H30N4O2. The van der Waals surface area contributed by atoms with E-state index in [1.165, 1.54) is 0 Å². The van der Waals surface area contributed by atoms with Gasteiger partial charge in [0.15, 0.2) is 0 Å². The first-order valence-electron chi connectivity index (χ1n) is 14.5. The number of nitrogens with zero attached hydrogens (tertiary/aromatic N) is 4. The van der Waals surface area contributed by atoms with Crippen molar-refractivity contribution in [3.05, 3.63) is 110 Å². The van der Waals surface area contributed by atoms with Crippen LogP contribution in [0.1, 0.15) is 25.7 Å². The molecule has 5 aromatic rings. The van der Waals surface area contributed by atoms with Crippen LogP contribution in [-0.4, -0.2) is 34.9 Å². The summed E-state index contributed by atoms with van der Waals surface area (Å²) in [5, 5.41) is 0. The predicted octanol–water partition coefficient (Wildman–Crippen LogP) is 7.40. The molecule has 206 valence electrons. The molecule has 0 aliphatic carbocycles. The van der Waals surface area contributed by atoms with Gasteiger partial charge in [-0.1, -0.05) is 60.7 Å². The minimum absolute atomic E-state index is 0.131. The molecule has 7 rings (SSSR count). The molecule has 2 amide bonds.